The lowest BCUT2D eigenvalue weighted by Crippen LogP contribution is -2.33. The minimum atomic E-state index is 0.218. The van der Waals surface area contributed by atoms with Gasteiger partial charge in [-0.25, -0.2) is 4.68 Å². The topological polar surface area (TPSA) is 72.0 Å². The van der Waals surface area contributed by atoms with Crippen molar-refractivity contribution in [2.45, 2.75) is 33.1 Å². The van der Waals surface area contributed by atoms with Gasteiger partial charge in [-0.05, 0) is 50.3 Å². The summed E-state index contributed by atoms with van der Waals surface area (Å²) < 4.78 is 8.32. The second-order valence-corrected chi connectivity index (χ2v) is 9.16. The van der Waals surface area contributed by atoms with Crippen LogP contribution in [0.1, 0.15) is 19.7 Å². The first-order chi connectivity index (χ1) is 15.0. The first kappa shape index (κ1) is 21.6. The van der Waals surface area contributed by atoms with Crippen molar-refractivity contribution < 1.29 is 4.42 Å². The molecule has 2 aromatic heterocycles. The van der Waals surface area contributed by atoms with Gasteiger partial charge in [0.2, 0.25) is 16.9 Å². The summed E-state index contributed by atoms with van der Waals surface area (Å²) in [5, 5.41) is 17.6. The molecule has 10 heteroatoms. The SMILES string of the molecule is CC(C)N(Cc1nnc(-c2ccccc2)o1)Cn1nc(Nc2ccccc2Cl)sc1=S. The Kier molecular flexibility index (Phi) is 6.77. The van der Waals surface area contributed by atoms with E-state index in [9.17, 15) is 0 Å². The maximum atomic E-state index is 6.23. The van der Waals surface area contributed by atoms with Crippen LogP contribution in [0.4, 0.5) is 10.8 Å². The highest BCUT2D eigenvalue weighted by molar-refractivity contribution is 7.73. The minimum Gasteiger partial charge on any atom is -0.419 e. The molecule has 2 aromatic carbocycles. The van der Waals surface area contributed by atoms with Crippen molar-refractivity contribution in [1.82, 2.24) is 24.9 Å². The molecule has 0 saturated heterocycles. The van der Waals surface area contributed by atoms with E-state index < -0.39 is 0 Å². The quantitative estimate of drug-likeness (QED) is 0.316. The van der Waals surface area contributed by atoms with E-state index in [2.05, 4.69) is 39.4 Å². The fraction of sp³-hybridized carbons (Fsp3) is 0.238. The number of rotatable bonds is 8. The highest BCUT2D eigenvalue weighted by atomic mass is 35.5. The van der Waals surface area contributed by atoms with E-state index in [4.69, 9.17) is 28.2 Å². The maximum absolute atomic E-state index is 6.23. The van der Waals surface area contributed by atoms with Crippen LogP contribution in [-0.2, 0) is 13.2 Å². The van der Waals surface area contributed by atoms with Gasteiger partial charge in [0.1, 0.15) is 0 Å². The van der Waals surface area contributed by atoms with Crippen LogP contribution in [-0.4, -0.2) is 30.9 Å². The number of hydrogen-bond acceptors (Lipinski definition) is 8. The lowest BCUT2D eigenvalue weighted by Gasteiger charge is -2.24. The highest BCUT2D eigenvalue weighted by Crippen LogP contribution is 2.27. The second-order valence-electron chi connectivity index (χ2n) is 7.13. The molecule has 1 N–H and O–H groups in total. The number of benzene rings is 2. The predicted octanol–water partition coefficient (Wildman–Crippen LogP) is 5.99. The average molecular weight is 473 g/mol. The number of para-hydroxylation sites is 1. The molecule has 0 amide bonds. The Morgan fingerprint density at radius 1 is 1.13 bits per heavy atom. The molecule has 0 aliphatic heterocycles. The average Bonchev–Trinajstić information content (AvgIpc) is 3.36. The molecule has 160 valence electrons. The predicted molar refractivity (Wildman–Crippen MR) is 126 cm³/mol. The van der Waals surface area contributed by atoms with Gasteiger partial charge in [-0.1, -0.05) is 53.3 Å². The van der Waals surface area contributed by atoms with Gasteiger partial charge in [0.15, 0.2) is 3.95 Å². The summed E-state index contributed by atoms with van der Waals surface area (Å²) in [6.07, 6.45) is 0. The molecule has 0 saturated carbocycles. The van der Waals surface area contributed by atoms with Crippen molar-refractivity contribution in [3.63, 3.8) is 0 Å². The van der Waals surface area contributed by atoms with E-state index in [1.165, 1.54) is 11.3 Å². The molecule has 7 nitrogen and oxygen atoms in total. The second kappa shape index (κ2) is 9.69. The number of hydrogen-bond donors (Lipinski definition) is 1. The molecule has 0 fully saturated rings. The third-order valence-corrected chi connectivity index (χ3v) is 6.15. The van der Waals surface area contributed by atoms with Gasteiger partial charge < -0.3 is 9.73 Å². The molecule has 2 heterocycles. The first-order valence-corrected chi connectivity index (χ1v) is 11.3. The molecule has 4 aromatic rings. The standard InChI is InChI=1S/C21H21ClN6OS2/c1-14(2)27(12-18-24-25-19(29-18)15-8-4-3-5-9-15)13-28-21(30)31-20(26-28)23-17-11-7-6-10-16(17)22/h3-11,14H,12-13H2,1-2H3,(H,23,26). The smallest absolute Gasteiger partial charge is 0.247 e. The Labute approximate surface area is 194 Å². The highest BCUT2D eigenvalue weighted by Gasteiger charge is 2.17. The molecular formula is C21H21ClN6OS2. The maximum Gasteiger partial charge on any atom is 0.247 e. The van der Waals surface area contributed by atoms with Crippen LogP contribution in [0, 0.1) is 3.95 Å². The third-order valence-electron chi connectivity index (χ3n) is 4.59. The Morgan fingerprint density at radius 2 is 1.87 bits per heavy atom. The molecule has 31 heavy (non-hydrogen) atoms. The third kappa shape index (κ3) is 5.37. The van der Waals surface area contributed by atoms with E-state index in [1.807, 2.05) is 54.6 Å². The van der Waals surface area contributed by atoms with E-state index in [0.29, 0.717) is 39.1 Å². The van der Waals surface area contributed by atoms with Crippen molar-refractivity contribution in [2.75, 3.05) is 5.32 Å². The Morgan fingerprint density at radius 3 is 2.61 bits per heavy atom. The summed E-state index contributed by atoms with van der Waals surface area (Å²) in [5.41, 5.74) is 1.69. The number of nitrogens with zero attached hydrogens (tertiary/aromatic N) is 5. The molecule has 4 rings (SSSR count). The Hall–Kier alpha value is -2.59. The minimum absolute atomic E-state index is 0.218. The molecule has 0 aliphatic carbocycles. The lowest BCUT2D eigenvalue weighted by molar-refractivity contribution is 0.140. The summed E-state index contributed by atoms with van der Waals surface area (Å²) in [4.78, 5) is 2.16. The van der Waals surface area contributed by atoms with Gasteiger partial charge in [0, 0.05) is 11.6 Å². The van der Waals surface area contributed by atoms with Crippen LogP contribution in [0.5, 0.6) is 0 Å². The Bertz CT molecular complexity index is 1200. The van der Waals surface area contributed by atoms with E-state index >= 15 is 0 Å². The van der Waals surface area contributed by atoms with Crippen LogP contribution in [0.2, 0.25) is 5.02 Å². The van der Waals surface area contributed by atoms with Crippen LogP contribution in [0.15, 0.2) is 59.0 Å². The van der Waals surface area contributed by atoms with Gasteiger partial charge in [-0.2, -0.15) is 0 Å². The normalized spacial score (nSPS) is 11.4. The van der Waals surface area contributed by atoms with Crippen LogP contribution in [0.25, 0.3) is 11.5 Å². The number of nitrogens with one attached hydrogen (secondary N) is 1. The van der Waals surface area contributed by atoms with Crippen molar-refractivity contribution in [2.24, 2.45) is 0 Å². The van der Waals surface area contributed by atoms with Crippen molar-refractivity contribution in [3.05, 3.63) is 69.5 Å². The first-order valence-electron chi connectivity index (χ1n) is 9.71. The van der Waals surface area contributed by atoms with Crippen molar-refractivity contribution >= 4 is 46.0 Å². The van der Waals surface area contributed by atoms with Crippen molar-refractivity contribution in [1.29, 1.82) is 0 Å². The zero-order chi connectivity index (χ0) is 21.8. The summed E-state index contributed by atoms with van der Waals surface area (Å²) in [5.74, 6) is 1.06. The fourth-order valence-electron chi connectivity index (χ4n) is 2.88. The van der Waals surface area contributed by atoms with Gasteiger partial charge >= 0.3 is 0 Å². The Balaban J connectivity index is 1.48. The fourth-order valence-corrected chi connectivity index (χ4v) is 4.07. The molecule has 0 unspecified atom stereocenters. The van der Waals surface area contributed by atoms with E-state index in [-0.39, 0.29) is 6.04 Å². The van der Waals surface area contributed by atoms with Crippen molar-refractivity contribution in [3.8, 4) is 11.5 Å². The van der Waals surface area contributed by atoms with Crippen LogP contribution < -0.4 is 5.32 Å². The zero-order valence-corrected chi connectivity index (χ0v) is 19.4. The molecular weight excluding hydrogens is 452 g/mol. The number of anilines is 2. The molecule has 0 spiro atoms. The van der Waals surface area contributed by atoms with Crippen LogP contribution >= 0.6 is 35.2 Å². The monoisotopic (exact) mass is 472 g/mol. The van der Waals surface area contributed by atoms with E-state index in [1.54, 1.807) is 4.68 Å². The summed E-state index contributed by atoms with van der Waals surface area (Å²) in [7, 11) is 0. The summed E-state index contributed by atoms with van der Waals surface area (Å²) >= 11 is 13.2. The van der Waals surface area contributed by atoms with Gasteiger partial charge in [0.25, 0.3) is 0 Å². The summed E-state index contributed by atoms with van der Waals surface area (Å²) in [6.45, 7) is 5.20. The summed E-state index contributed by atoms with van der Waals surface area (Å²) in [6, 6.07) is 17.5. The lowest BCUT2D eigenvalue weighted by atomic mass is 10.2. The zero-order valence-electron chi connectivity index (χ0n) is 17.0. The van der Waals surface area contributed by atoms with Gasteiger partial charge in [-0.15, -0.1) is 15.3 Å². The van der Waals surface area contributed by atoms with Gasteiger partial charge in [0.05, 0.1) is 23.9 Å². The largest absolute Gasteiger partial charge is 0.419 e. The number of halogens is 1. The molecule has 0 atom stereocenters. The molecule has 0 radical (unpaired) electrons. The van der Waals surface area contributed by atoms with Crippen LogP contribution in [0.3, 0.4) is 0 Å². The molecule has 0 aliphatic rings. The molecule has 0 bridgehead atoms. The number of aromatic nitrogens is 4. The van der Waals surface area contributed by atoms with E-state index in [0.717, 1.165) is 11.3 Å². The van der Waals surface area contributed by atoms with Gasteiger partial charge in [-0.3, -0.25) is 4.90 Å².